The van der Waals surface area contributed by atoms with Crippen molar-refractivity contribution in [3.8, 4) is 6.07 Å². The second-order valence-electron chi connectivity index (χ2n) is 4.29. The molecule has 0 aromatic heterocycles. The third-order valence-corrected chi connectivity index (χ3v) is 2.42. The van der Waals surface area contributed by atoms with Crippen LogP contribution < -0.4 is 5.32 Å². The zero-order chi connectivity index (χ0) is 9.90. The van der Waals surface area contributed by atoms with Crippen molar-refractivity contribution in [2.45, 2.75) is 51.4 Å². The summed E-state index contributed by atoms with van der Waals surface area (Å²) in [5.74, 6) is 0. The van der Waals surface area contributed by atoms with Gasteiger partial charge >= 0.3 is 0 Å². The highest BCUT2D eigenvalue weighted by molar-refractivity contribution is 5.00. The molecule has 1 fully saturated rings. The van der Waals surface area contributed by atoms with Gasteiger partial charge in [0.15, 0.2) is 0 Å². The van der Waals surface area contributed by atoms with Crippen LogP contribution >= 0.6 is 0 Å². The topological polar surface area (TPSA) is 45.0 Å². The van der Waals surface area contributed by atoms with E-state index in [0.29, 0.717) is 18.8 Å². The summed E-state index contributed by atoms with van der Waals surface area (Å²) in [4.78, 5) is 0. The summed E-state index contributed by atoms with van der Waals surface area (Å²) in [5.41, 5.74) is 0.134. The Hall–Kier alpha value is -0.590. The summed E-state index contributed by atoms with van der Waals surface area (Å²) in [6, 6.07) is 2.10. The van der Waals surface area contributed by atoms with Crippen molar-refractivity contribution in [2.75, 3.05) is 6.54 Å². The van der Waals surface area contributed by atoms with Gasteiger partial charge in [0.25, 0.3) is 0 Å². The van der Waals surface area contributed by atoms with E-state index in [4.69, 9.17) is 10.00 Å². The maximum Gasteiger partial charge on any atom is 0.0845 e. The van der Waals surface area contributed by atoms with Crippen molar-refractivity contribution in [3.05, 3.63) is 0 Å². The molecular weight excluding hydrogens is 164 g/mol. The molecule has 1 aliphatic carbocycles. The molecule has 0 radical (unpaired) electrons. The van der Waals surface area contributed by atoms with Crippen LogP contribution in [0.2, 0.25) is 0 Å². The highest BCUT2D eigenvalue weighted by atomic mass is 16.5. The van der Waals surface area contributed by atoms with E-state index < -0.39 is 0 Å². The zero-order valence-electron chi connectivity index (χ0n) is 8.63. The monoisotopic (exact) mass is 182 g/mol. The Kier molecular flexibility index (Phi) is 3.29. The number of nitrogens with zero attached hydrogens (tertiary/aromatic N) is 1. The number of nitrogens with one attached hydrogen (secondary N) is 1. The molecule has 0 aliphatic heterocycles. The van der Waals surface area contributed by atoms with Crippen molar-refractivity contribution in [2.24, 2.45) is 0 Å². The third kappa shape index (κ3) is 2.98. The molecule has 0 amide bonds. The van der Waals surface area contributed by atoms with Gasteiger partial charge in [0.1, 0.15) is 0 Å². The first-order valence-electron chi connectivity index (χ1n) is 4.83. The molecule has 13 heavy (non-hydrogen) atoms. The first kappa shape index (κ1) is 10.5. The Labute approximate surface area is 80.1 Å². The van der Waals surface area contributed by atoms with Crippen molar-refractivity contribution in [1.82, 2.24) is 5.32 Å². The van der Waals surface area contributed by atoms with Gasteiger partial charge in [-0.1, -0.05) is 0 Å². The first-order chi connectivity index (χ1) is 6.06. The molecule has 0 saturated heterocycles. The standard InChI is InChI=1S/C10H18N2O/c1-8(2)13-9-6-10(3,7-9)12-5-4-11/h8-9,12H,5-7H2,1-3H3. The summed E-state index contributed by atoms with van der Waals surface area (Å²) in [5, 5.41) is 11.6. The maximum absolute atomic E-state index is 8.42. The predicted octanol–water partition coefficient (Wildman–Crippen LogP) is 1.45. The summed E-state index contributed by atoms with van der Waals surface area (Å²) in [6.45, 7) is 6.69. The Morgan fingerprint density at radius 3 is 2.69 bits per heavy atom. The summed E-state index contributed by atoms with van der Waals surface area (Å²) in [6.07, 6.45) is 2.74. The summed E-state index contributed by atoms with van der Waals surface area (Å²) < 4.78 is 5.64. The van der Waals surface area contributed by atoms with Gasteiger partial charge in [-0.15, -0.1) is 0 Å². The van der Waals surface area contributed by atoms with Gasteiger partial charge in [0.05, 0.1) is 24.8 Å². The second kappa shape index (κ2) is 4.08. The van der Waals surface area contributed by atoms with Crippen LogP contribution in [0.5, 0.6) is 0 Å². The maximum atomic E-state index is 8.42. The van der Waals surface area contributed by atoms with E-state index in [9.17, 15) is 0 Å². The Balaban J connectivity index is 2.19. The van der Waals surface area contributed by atoms with Crippen molar-refractivity contribution in [1.29, 1.82) is 5.26 Å². The fourth-order valence-corrected chi connectivity index (χ4v) is 1.82. The minimum absolute atomic E-state index is 0.134. The van der Waals surface area contributed by atoms with Crippen LogP contribution in [0.1, 0.15) is 33.6 Å². The molecular formula is C10H18N2O. The molecule has 3 heteroatoms. The lowest BCUT2D eigenvalue weighted by Gasteiger charge is -2.45. The summed E-state index contributed by atoms with van der Waals surface area (Å²) >= 11 is 0. The normalized spacial score (nSPS) is 32.7. The third-order valence-electron chi connectivity index (χ3n) is 2.42. The van der Waals surface area contributed by atoms with Crippen LogP contribution in [-0.2, 0) is 4.74 Å². The van der Waals surface area contributed by atoms with E-state index in [-0.39, 0.29) is 5.54 Å². The molecule has 1 saturated carbocycles. The highest BCUT2D eigenvalue weighted by Gasteiger charge is 2.40. The van der Waals surface area contributed by atoms with E-state index in [0.717, 1.165) is 12.8 Å². The van der Waals surface area contributed by atoms with Crippen molar-refractivity contribution in [3.63, 3.8) is 0 Å². The molecule has 0 spiro atoms. The largest absolute Gasteiger partial charge is 0.375 e. The van der Waals surface area contributed by atoms with Gasteiger partial charge in [0, 0.05) is 5.54 Å². The molecule has 0 atom stereocenters. The lowest BCUT2D eigenvalue weighted by Crippen LogP contribution is -2.56. The molecule has 0 bridgehead atoms. The molecule has 1 N–H and O–H groups in total. The molecule has 3 nitrogen and oxygen atoms in total. The van der Waals surface area contributed by atoms with Gasteiger partial charge in [-0.25, -0.2) is 0 Å². The minimum Gasteiger partial charge on any atom is -0.375 e. The van der Waals surface area contributed by atoms with Crippen LogP contribution in [-0.4, -0.2) is 24.3 Å². The highest BCUT2D eigenvalue weighted by Crippen LogP contribution is 2.34. The van der Waals surface area contributed by atoms with Crippen molar-refractivity contribution >= 4 is 0 Å². The van der Waals surface area contributed by atoms with Crippen LogP contribution in [0.15, 0.2) is 0 Å². The smallest absolute Gasteiger partial charge is 0.0845 e. The molecule has 0 heterocycles. The average molecular weight is 182 g/mol. The number of hydrogen-bond acceptors (Lipinski definition) is 3. The number of hydrogen-bond donors (Lipinski definition) is 1. The van der Waals surface area contributed by atoms with Gasteiger partial charge in [-0.2, -0.15) is 5.26 Å². The SMILES string of the molecule is CC(C)OC1CC(C)(NCC#N)C1. The van der Waals surface area contributed by atoms with Crippen molar-refractivity contribution < 1.29 is 4.74 Å². The Morgan fingerprint density at radius 1 is 1.62 bits per heavy atom. The number of nitriles is 1. The van der Waals surface area contributed by atoms with E-state index in [1.165, 1.54) is 0 Å². The fourth-order valence-electron chi connectivity index (χ4n) is 1.82. The molecule has 1 aliphatic rings. The van der Waals surface area contributed by atoms with E-state index >= 15 is 0 Å². The van der Waals surface area contributed by atoms with Crippen LogP contribution in [0.25, 0.3) is 0 Å². The number of rotatable bonds is 4. The molecule has 74 valence electrons. The van der Waals surface area contributed by atoms with Gasteiger partial charge in [0.2, 0.25) is 0 Å². The Morgan fingerprint density at radius 2 is 2.23 bits per heavy atom. The van der Waals surface area contributed by atoms with Crippen LogP contribution in [0.3, 0.4) is 0 Å². The van der Waals surface area contributed by atoms with E-state index in [1.54, 1.807) is 0 Å². The van der Waals surface area contributed by atoms with Gasteiger partial charge < -0.3 is 4.74 Å². The molecule has 1 rings (SSSR count). The zero-order valence-corrected chi connectivity index (χ0v) is 8.63. The molecule has 0 unspecified atom stereocenters. The minimum atomic E-state index is 0.134. The fraction of sp³-hybridized carbons (Fsp3) is 0.900. The second-order valence-corrected chi connectivity index (χ2v) is 4.29. The van der Waals surface area contributed by atoms with E-state index in [1.807, 2.05) is 0 Å². The lowest BCUT2D eigenvalue weighted by atomic mass is 9.75. The first-order valence-corrected chi connectivity index (χ1v) is 4.83. The van der Waals surface area contributed by atoms with Gasteiger partial charge in [-0.05, 0) is 33.6 Å². The van der Waals surface area contributed by atoms with Crippen LogP contribution in [0, 0.1) is 11.3 Å². The summed E-state index contributed by atoms with van der Waals surface area (Å²) in [7, 11) is 0. The predicted molar refractivity (Wildman–Crippen MR) is 51.3 cm³/mol. The average Bonchev–Trinajstić information content (AvgIpc) is 1.97. The lowest BCUT2D eigenvalue weighted by molar-refractivity contribution is -0.0759. The Bertz CT molecular complexity index is 201. The molecule has 0 aromatic carbocycles. The van der Waals surface area contributed by atoms with E-state index in [2.05, 4.69) is 32.2 Å². The van der Waals surface area contributed by atoms with Crippen LogP contribution in [0.4, 0.5) is 0 Å². The quantitative estimate of drug-likeness (QED) is 0.669. The number of ether oxygens (including phenoxy) is 1. The van der Waals surface area contributed by atoms with Gasteiger partial charge in [-0.3, -0.25) is 5.32 Å². The molecule has 0 aromatic rings.